The number of benzene rings is 1. The number of nitrogens with one attached hydrogen (secondary N) is 2. The van der Waals surface area contributed by atoms with Crippen LogP contribution in [0.4, 0.5) is 5.69 Å². The van der Waals surface area contributed by atoms with Crippen LogP contribution in [0.5, 0.6) is 5.75 Å². The van der Waals surface area contributed by atoms with E-state index >= 15 is 0 Å². The molecule has 0 aromatic heterocycles. The highest BCUT2D eigenvalue weighted by Gasteiger charge is 2.25. The highest BCUT2D eigenvalue weighted by molar-refractivity contribution is 5.98. The summed E-state index contributed by atoms with van der Waals surface area (Å²) < 4.78 is 10.7. The molecule has 0 saturated carbocycles. The van der Waals surface area contributed by atoms with E-state index in [9.17, 15) is 9.59 Å². The molecule has 1 unspecified atom stereocenters. The van der Waals surface area contributed by atoms with E-state index in [-0.39, 0.29) is 31.1 Å². The van der Waals surface area contributed by atoms with E-state index in [0.29, 0.717) is 11.4 Å². The Morgan fingerprint density at radius 2 is 2.20 bits per heavy atom. The van der Waals surface area contributed by atoms with Crippen molar-refractivity contribution in [3.05, 3.63) is 24.3 Å². The molecule has 1 atom stereocenters. The fourth-order valence-corrected chi connectivity index (χ4v) is 1.83. The molecule has 6 nitrogen and oxygen atoms in total. The van der Waals surface area contributed by atoms with Crippen LogP contribution in [0.15, 0.2) is 24.3 Å². The Morgan fingerprint density at radius 1 is 1.45 bits per heavy atom. The summed E-state index contributed by atoms with van der Waals surface area (Å²) in [6.45, 7) is 3.99. The van der Waals surface area contributed by atoms with Crippen molar-refractivity contribution in [2.75, 3.05) is 18.5 Å². The molecule has 108 valence electrons. The maximum absolute atomic E-state index is 12.1. The quantitative estimate of drug-likeness (QED) is 0.859. The maximum atomic E-state index is 12.1. The van der Waals surface area contributed by atoms with Crippen molar-refractivity contribution in [1.29, 1.82) is 0 Å². The molecule has 1 saturated heterocycles. The largest absolute Gasteiger partial charge is 0.489 e. The molecule has 20 heavy (non-hydrogen) atoms. The fourth-order valence-electron chi connectivity index (χ4n) is 1.83. The molecule has 2 rings (SSSR count). The summed E-state index contributed by atoms with van der Waals surface area (Å²) in [7, 11) is 0. The Balaban J connectivity index is 2.05. The average molecular weight is 278 g/mol. The summed E-state index contributed by atoms with van der Waals surface area (Å²) in [5.74, 6) is -0.0140. The van der Waals surface area contributed by atoms with Gasteiger partial charge in [0.15, 0.2) is 0 Å². The lowest BCUT2D eigenvalue weighted by molar-refractivity contribution is -0.136. The second kappa shape index (κ2) is 6.38. The number of carbonyl (C=O) groups is 2. The second-order valence-corrected chi connectivity index (χ2v) is 4.79. The van der Waals surface area contributed by atoms with Crippen LogP contribution in [0.2, 0.25) is 0 Å². The van der Waals surface area contributed by atoms with Gasteiger partial charge in [0.2, 0.25) is 11.8 Å². The number of amides is 2. The van der Waals surface area contributed by atoms with E-state index in [4.69, 9.17) is 9.47 Å². The molecular formula is C14H18N2O4. The second-order valence-electron chi connectivity index (χ2n) is 4.79. The summed E-state index contributed by atoms with van der Waals surface area (Å²) in [6, 6.07) is 6.49. The zero-order chi connectivity index (χ0) is 14.5. The first-order chi connectivity index (χ1) is 9.56. The number of anilines is 1. The van der Waals surface area contributed by atoms with Crippen LogP contribution in [0.1, 0.15) is 13.8 Å². The summed E-state index contributed by atoms with van der Waals surface area (Å²) in [5, 5.41) is 5.33. The first kappa shape index (κ1) is 14.3. The van der Waals surface area contributed by atoms with Crippen molar-refractivity contribution in [3.8, 4) is 5.75 Å². The predicted octanol–water partition coefficient (Wildman–Crippen LogP) is 0.927. The first-order valence-corrected chi connectivity index (χ1v) is 6.50. The highest BCUT2D eigenvalue weighted by Crippen LogP contribution is 2.25. The monoisotopic (exact) mass is 278 g/mol. The summed E-state index contributed by atoms with van der Waals surface area (Å²) >= 11 is 0. The van der Waals surface area contributed by atoms with Crippen LogP contribution in [0, 0.1) is 0 Å². The van der Waals surface area contributed by atoms with Gasteiger partial charge in [-0.3, -0.25) is 9.59 Å². The molecular weight excluding hydrogens is 260 g/mol. The molecule has 0 bridgehead atoms. The predicted molar refractivity (Wildman–Crippen MR) is 73.6 cm³/mol. The molecule has 0 aliphatic carbocycles. The number of carbonyl (C=O) groups excluding carboxylic acids is 2. The summed E-state index contributed by atoms with van der Waals surface area (Å²) in [4.78, 5) is 23.3. The minimum atomic E-state index is -0.677. The molecule has 0 spiro atoms. The Labute approximate surface area is 117 Å². The molecule has 1 heterocycles. The van der Waals surface area contributed by atoms with Crippen molar-refractivity contribution in [2.45, 2.75) is 26.0 Å². The molecule has 6 heteroatoms. The zero-order valence-electron chi connectivity index (χ0n) is 11.5. The van der Waals surface area contributed by atoms with Gasteiger partial charge in [0.1, 0.15) is 18.4 Å². The van der Waals surface area contributed by atoms with Gasteiger partial charge in [0, 0.05) is 0 Å². The standard InChI is InChI=1S/C14H18N2O4/c1-9(2)20-12-6-4-3-5-10(12)16-14(18)11-7-19-8-13(17)15-11/h3-6,9,11H,7-8H2,1-2H3,(H,15,17)(H,16,18). The Hall–Kier alpha value is -2.08. The number of ether oxygens (including phenoxy) is 2. The summed E-state index contributed by atoms with van der Waals surface area (Å²) in [5.41, 5.74) is 0.575. The SMILES string of the molecule is CC(C)Oc1ccccc1NC(=O)C1COCC(=O)N1. The van der Waals surface area contributed by atoms with Crippen LogP contribution >= 0.6 is 0 Å². The number of hydrogen-bond donors (Lipinski definition) is 2. The molecule has 1 aliphatic rings. The van der Waals surface area contributed by atoms with Gasteiger partial charge in [-0.2, -0.15) is 0 Å². The van der Waals surface area contributed by atoms with Crippen LogP contribution in [0.25, 0.3) is 0 Å². The van der Waals surface area contributed by atoms with Gasteiger partial charge in [-0.25, -0.2) is 0 Å². The van der Waals surface area contributed by atoms with Crippen LogP contribution < -0.4 is 15.4 Å². The summed E-state index contributed by atoms with van der Waals surface area (Å²) in [6.07, 6.45) is 0.00534. The van der Waals surface area contributed by atoms with Crippen LogP contribution in [-0.2, 0) is 14.3 Å². The highest BCUT2D eigenvalue weighted by atomic mass is 16.5. The lowest BCUT2D eigenvalue weighted by Gasteiger charge is -2.23. The molecule has 1 aromatic carbocycles. The third-order valence-corrected chi connectivity index (χ3v) is 2.68. The molecule has 2 amide bonds. The molecule has 1 fully saturated rings. The zero-order valence-corrected chi connectivity index (χ0v) is 11.5. The molecule has 2 N–H and O–H groups in total. The fraction of sp³-hybridized carbons (Fsp3) is 0.429. The van der Waals surface area contributed by atoms with E-state index in [1.54, 1.807) is 18.2 Å². The Kier molecular flexibility index (Phi) is 4.57. The van der Waals surface area contributed by atoms with Gasteiger partial charge in [-0.15, -0.1) is 0 Å². The van der Waals surface area contributed by atoms with Crippen LogP contribution in [0.3, 0.4) is 0 Å². The topological polar surface area (TPSA) is 76.7 Å². The van der Waals surface area contributed by atoms with Crippen molar-refractivity contribution < 1.29 is 19.1 Å². The number of rotatable bonds is 4. The van der Waals surface area contributed by atoms with Crippen molar-refractivity contribution in [2.24, 2.45) is 0 Å². The minimum Gasteiger partial charge on any atom is -0.489 e. The Morgan fingerprint density at radius 3 is 2.90 bits per heavy atom. The number of morpholine rings is 1. The third kappa shape index (κ3) is 3.71. The third-order valence-electron chi connectivity index (χ3n) is 2.68. The molecule has 1 aliphatic heterocycles. The smallest absolute Gasteiger partial charge is 0.249 e. The Bertz CT molecular complexity index is 502. The average Bonchev–Trinajstić information content (AvgIpc) is 2.40. The van der Waals surface area contributed by atoms with E-state index in [2.05, 4.69) is 10.6 Å². The van der Waals surface area contributed by atoms with Gasteiger partial charge >= 0.3 is 0 Å². The molecule has 1 aromatic rings. The number of para-hydroxylation sites is 2. The van der Waals surface area contributed by atoms with Crippen LogP contribution in [-0.4, -0.2) is 37.2 Å². The van der Waals surface area contributed by atoms with Crippen molar-refractivity contribution in [3.63, 3.8) is 0 Å². The van der Waals surface area contributed by atoms with E-state index in [1.807, 2.05) is 19.9 Å². The van der Waals surface area contributed by atoms with Gasteiger partial charge in [0.25, 0.3) is 0 Å². The van der Waals surface area contributed by atoms with Crippen molar-refractivity contribution >= 4 is 17.5 Å². The lowest BCUT2D eigenvalue weighted by Crippen LogP contribution is -2.52. The first-order valence-electron chi connectivity index (χ1n) is 6.50. The van der Waals surface area contributed by atoms with E-state index in [0.717, 1.165) is 0 Å². The maximum Gasteiger partial charge on any atom is 0.249 e. The van der Waals surface area contributed by atoms with Gasteiger partial charge in [-0.1, -0.05) is 12.1 Å². The van der Waals surface area contributed by atoms with Gasteiger partial charge < -0.3 is 20.1 Å². The van der Waals surface area contributed by atoms with E-state index < -0.39 is 6.04 Å². The lowest BCUT2D eigenvalue weighted by atomic mass is 10.2. The molecule has 0 radical (unpaired) electrons. The minimum absolute atomic E-state index is 0.00315. The van der Waals surface area contributed by atoms with Gasteiger partial charge in [0.05, 0.1) is 18.4 Å². The normalized spacial score (nSPS) is 18.6. The van der Waals surface area contributed by atoms with E-state index in [1.165, 1.54) is 0 Å². The number of hydrogen-bond acceptors (Lipinski definition) is 4. The van der Waals surface area contributed by atoms with Gasteiger partial charge in [-0.05, 0) is 26.0 Å². The van der Waals surface area contributed by atoms with Crippen molar-refractivity contribution in [1.82, 2.24) is 5.32 Å².